The highest BCUT2D eigenvalue weighted by Crippen LogP contribution is 2.28. The summed E-state index contributed by atoms with van der Waals surface area (Å²) in [6.07, 6.45) is 1.27. The van der Waals surface area contributed by atoms with Crippen LogP contribution in [0.5, 0.6) is 0 Å². The Balaban J connectivity index is 2.50. The number of oxime groups is 1. The van der Waals surface area contributed by atoms with Gasteiger partial charge in [0.1, 0.15) is 6.10 Å². The van der Waals surface area contributed by atoms with E-state index in [2.05, 4.69) is 25.9 Å². The van der Waals surface area contributed by atoms with E-state index in [1.807, 2.05) is 6.92 Å². The Bertz CT molecular complexity index is 155. The molecule has 0 saturated carbocycles. The van der Waals surface area contributed by atoms with E-state index in [1.165, 1.54) is 0 Å². The quantitative estimate of drug-likeness (QED) is 0.506. The second kappa shape index (κ2) is 2.26. The van der Waals surface area contributed by atoms with Crippen LogP contribution in [0.25, 0.3) is 0 Å². The Morgan fingerprint density at radius 3 is 2.30 bits per heavy atom. The van der Waals surface area contributed by atoms with Crippen molar-refractivity contribution in [3.8, 4) is 0 Å². The molecule has 0 bridgehead atoms. The van der Waals surface area contributed by atoms with Crippen molar-refractivity contribution in [2.75, 3.05) is 0 Å². The molecule has 1 unspecified atom stereocenters. The summed E-state index contributed by atoms with van der Waals surface area (Å²) >= 11 is 0. The molecule has 0 aromatic carbocycles. The Labute approximate surface area is 62.3 Å². The van der Waals surface area contributed by atoms with E-state index in [1.54, 1.807) is 0 Å². The van der Waals surface area contributed by atoms with Gasteiger partial charge < -0.3 is 4.84 Å². The Kier molecular flexibility index (Phi) is 1.71. The van der Waals surface area contributed by atoms with Gasteiger partial charge in [-0.2, -0.15) is 0 Å². The van der Waals surface area contributed by atoms with Crippen molar-refractivity contribution < 1.29 is 4.84 Å². The smallest absolute Gasteiger partial charge is 0.137 e. The van der Waals surface area contributed by atoms with Gasteiger partial charge in [0.05, 0.1) is 5.71 Å². The van der Waals surface area contributed by atoms with Crippen molar-refractivity contribution in [1.29, 1.82) is 0 Å². The van der Waals surface area contributed by atoms with E-state index in [9.17, 15) is 0 Å². The predicted octanol–water partition coefficient (Wildman–Crippen LogP) is 2.20. The molecule has 2 heteroatoms. The van der Waals surface area contributed by atoms with E-state index < -0.39 is 0 Å². The SMILES string of the molecule is CC1=NOC(C(C)(C)C)C1. The topological polar surface area (TPSA) is 21.6 Å². The Morgan fingerprint density at radius 1 is 1.50 bits per heavy atom. The summed E-state index contributed by atoms with van der Waals surface area (Å²) in [6, 6.07) is 0. The third-order valence-corrected chi connectivity index (χ3v) is 1.78. The molecule has 0 saturated heterocycles. The zero-order valence-electron chi connectivity index (χ0n) is 7.14. The minimum atomic E-state index is 0.223. The molecule has 0 aliphatic carbocycles. The second-order valence-electron chi connectivity index (χ2n) is 3.99. The van der Waals surface area contributed by atoms with Crippen LogP contribution in [-0.2, 0) is 4.84 Å². The van der Waals surface area contributed by atoms with E-state index in [0.29, 0.717) is 0 Å². The minimum Gasteiger partial charge on any atom is -0.392 e. The molecule has 10 heavy (non-hydrogen) atoms. The molecule has 1 aliphatic rings. The van der Waals surface area contributed by atoms with Gasteiger partial charge in [-0.3, -0.25) is 0 Å². The maximum Gasteiger partial charge on any atom is 0.137 e. The van der Waals surface area contributed by atoms with Gasteiger partial charge in [0.15, 0.2) is 0 Å². The maximum atomic E-state index is 5.22. The summed E-state index contributed by atoms with van der Waals surface area (Å²) in [4.78, 5) is 5.22. The zero-order valence-corrected chi connectivity index (χ0v) is 7.14. The molecular weight excluding hydrogens is 126 g/mol. The molecule has 0 aromatic rings. The van der Waals surface area contributed by atoms with Crippen molar-refractivity contribution in [3.63, 3.8) is 0 Å². The number of hydrogen-bond donors (Lipinski definition) is 0. The molecule has 0 amide bonds. The van der Waals surface area contributed by atoms with E-state index >= 15 is 0 Å². The molecule has 0 N–H and O–H groups in total. The highest BCUT2D eigenvalue weighted by Gasteiger charge is 2.30. The Hall–Kier alpha value is -0.530. The summed E-state index contributed by atoms with van der Waals surface area (Å²) in [5, 5.41) is 3.90. The normalized spacial score (nSPS) is 26.0. The predicted molar refractivity (Wildman–Crippen MR) is 42.1 cm³/mol. The molecule has 0 fully saturated rings. The first kappa shape index (κ1) is 7.58. The highest BCUT2D eigenvalue weighted by molar-refractivity contribution is 5.82. The lowest BCUT2D eigenvalue weighted by atomic mass is 9.87. The molecular formula is C8H15NO. The molecule has 0 aromatic heterocycles. The van der Waals surface area contributed by atoms with Crippen molar-refractivity contribution in [1.82, 2.24) is 0 Å². The third-order valence-electron chi connectivity index (χ3n) is 1.78. The molecule has 1 atom stereocenters. The average molecular weight is 141 g/mol. The van der Waals surface area contributed by atoms with Crippen molar-refractivity contribution in [3.05, 3.63) is 0 Å². The van der Waals surface area contributed by atoms with Crippen LogP contribution in [0.15, 0.2) is 5.16 Å². The first-order valence-corrected chi connectivity index (χ1v) is 3.69. The number of rotatable bonds is 0. The largest absolute Gasteiger partial charge is 0.392 e. The fourth-order valence-electron chi connectivity index (χ4n) is 0.961. The lowest BCUT2D eigenvalue weighted by Gasteiger charge is -2.23. The van der Waals surface area contributed by atoms with Crippen molar-refractivity contribution in [2.45, 2.75) is 40.2 Å². The van der Waals surface area contributed by atoms with Gasteiger partial charge in [-0.25, -0.2) is 0 Å². The van der Waals surface area contributed by atoms with Crippen LogP contribution in [0.1, 0.15) is 34.1 Å². The van der Waals surface area contributed by atoms with Gasteiger partial charge in [0.2, 0.25) is 0 Å². The minimum absolute atomic E-state index is 0.223. The van der Waals surface area contributed by atoms with Gasteiger partial charge in [0, 0.05) is 11.8 Å². The summed E-state index contributed by atoms with van der Waals surface area (Å²) in [5.74, 6) is 0. The first-order chi connectivity index (χ1) is 4.50. The van der Waals surface area contributed by atoms with Gasteiger partial charge in [-0.15, -0.1) is 0 Å². The average Bonchev–Trinajstić information content (AvgIpc) is 2.11. The summed E-state index contributed by atoms with van der Waals surface area (Å²) in [6.45, 7) is 8.52. The fourth-order valence-corrected chi connectivity index (χ4v) is 0.961. The summed E-state index contributed by atoms with van der Waals surface area (Å²) < 4.78 is 0. The first-order valence-electron chi connectivity index (χ1n) is 3.69. The van der Waals surface area contributed by atoms with Crippen LogP contribution >= 0.6 is 0 Å². The van der Waals surface area contributed by atoms with Crippen LogP contribution in [0.4, 0.5) is 0 Å². The number of nitrogens with zero attached hydrogens (tertiary/aromatic N) is 1. The van der Waals surface area contributed by atoms with Gasteiger partial charge in [-0.1, -0.05) is 25.9 Å². The van der Waals surface area contributed by atoms with E-state index in [-0.39, 0.29) is 11.5 Å². The molecule has 58 valence electrons. The zero-order chi connectivity index (χ0) is 7.78. The molecule has 0 radical (unpaired) electrons. The molecule has 1 heterocycles. The second-order valence-corrected chi connectivity index (χ2v) is 3.99. The van der Waals surface area contributed by atoms with Crippen LogP contribution in [0, 0.1) is 5.41 Å². The molecule has 1 aliphatic heterocycles. The third kappa shape index (κ3) is 1.49. The van der Waals surface area contributed by atoms with Crippen LogP contribution < -0.4 is 0 Å². The van der Waals surface area contributed by atoms with Crippen molar-refractivity contribution in [2.24, 2.45) is 10.6 Å². The fraction of sp³-hybridized carbons (Fsp3) is 0.875. The molecule has 0 spiro atoms. The lowest BCUT2D eigenvalue weighted by Crippen LogP contribution is -2.25. The summed E-state index contributed by atoms with van der Waals surface area (Å²) in [7, 11) is 0. The lowest BCUT2D eigenvalue weighted by molar-refractivity contribution is 0.00831. The van der Waals surface area contributed by atoms with E-state index in [4.69, 9.17) is 4.84 Å². The van der Waals surface area contributed by atoms with Gasteiger partial charge in [0.25, 0.3) is 0 Å². The molecule has 2 nitrogen and oxygen atoms in total. The van der Waals surface area contributed by atoms with Crippen LogP contribution in [-0.4, -0.2) is 11.8 Å². The van der Waals surface area contributed by atoms with Crippen LogP contribution in [0.2, 0.25) is 0 Å². The van der Waals surface area contributed by atoms with E-state index in [0.717, 1.165) is 12.1 Å². The van der Waals surface area contributed by atoms with Gasteiger partial charge in [-0.05, 0) is 6.92 Å². The monoisotopic (exact) mass is 141 g/mol. The standard InChI is InChI=1S/C8H15NO/c1-6-5-7(10-9-6)8(2,3)4/h7H,5H2,1-4H3. The van der Waals surface area contributed by atoms with Gasteiger partial charge >= 0.3 is 0 Å². The maximum absolute atomic E-state index is 5.22. The summed E-state index contributed by atoms with van der Waals surface area (Å²) in [5.41, 5.74) is 1.33. The number of hydrogen-bond acceptors (Lipinski definition) is 2. The molecule has 1 rings (SSSR count). The van der Waals surface area contributed by atoms with Crippen LogP contribution in [0.3, 0.4) is 0 Å². The Morgan fingerprint density at radius 2 is 2.10 bits per heavy atom. The van der Waals surface area contributed by atoms with Crippen molar-refractivity contribution >= 4 is 5.71 Å². The highest BCUT2D eigenvalue weighted by atomic mass is 16.6.